The highest BCUT2D eigenvalue weighted by molar-refractivity contribution is 5.81. The number of carbonyl (C=O) groups is 1. The Kier molecular flexibility index (Phi) is 7.23. The number of nitrogens with one attached hydrogen (secondary N) is 1. The van der Waals surface area contributed by atoms with Crippen LogP contribution in [0.1, 0.15) is 33.6 Å². The van der Waals surface area contributed by atoms with Crippen molar-refractivity contribution >= 4 is 5.91 Å². The van der Waals surface area contributed by atoms with Crippen LogP contribution in [-0.2, 0) is 14.3 Å². The van der Waals surface area contributed by atoms with Crippen molar-refractivity contribution in [2.24, 2.45) is 0 Å². The largest absolute Gasteiger partial charge is 0.352 e. The minimum atomic E-state index is -0.270. The van der Waals surface area contributed by atoms with Crippen molar-refractivity contribution in [3.63, 3.8) is 0 Å². The summed E-state index contributed by atoms with van der Waals surface area (Å²) in [6.07, 6.45) is 1.98. The molecule has 1 atom stereocenters. The van der Waals surface area contributed by atoms with Crippen LogP contribution in [0.25, 0.3) is 0 Å². The normalized spacial score (nSPS) is 17.4. The van der Waals surface area contributed by atoms with Crippen LogP contribution in [0.3, 0.4) is 0 Å². The van der Waals surface area contributed by atoms with Crippen LogP contribution in [0.15, 0.2) is 0 Å². The molecule has 1 N–H and O–H groups in total. The zero-order valence-corrected chi connectivity index (χ0v) is 11.8. The fourth-order valence-electron chi connectivity index (χ4n) is 2.11. The summed E-state index contributed by atoms with van der Waals surface area (Å²) in [5.41, 5.74) is 0. The molecule has 0 aromatic heterocycles. The number of rotatable bonds is 8. The average molecular weight is 258 g/mol. The quantitative estimate of drug-likeness (QED) is 0.660. The summed E-state index contributed by atoms with van der Waals surface area (Å²) >= 11 is 0. The Balaban J connectivity index is 2.29. The van der Waals surface area contributed by atoms with Crippen molar-refractivity contribution in [2.45, 2.75) is 45.9 Å². The van der Waals surface area contributed by atoms with Gasteiger partial charge in [0.1, 0.15) is 0 Å². The molecule has 1 saturated heterocycles. The van der Waals surface area contributed by atoms with E-state index in [1.807, 2.05) is 25.7 Å². The summed E-state index contributed by atoms with van der Waals surface area (Å²) in [4.78, 5) is 14.0. The van der Waals surface area contributed by atoms with Gasteiger partial charge in [0.05, 0.1) is 6.04 Å². The molecule has 1 unspecified atom stereocenters. The average Bonchev–Trinajstić information content (AvgIpc) is 2.89. The molecule has 0 aromatic rings. The lowest BCUT2D eigenvalue weighted by Gasteiger charge is -2.23. The number of likely N-dealkylation sites (tertiary alicyclic amines) is 1. The first-order valence-electron chi connectivity index (χ1n) is 6.94. The first kappa shape index (κ1) is 15.4. The molecular weight excluding hydrogens is 232 g/mol. The molecule has 0 radical (unpaired) electrons. The molecular formula is C13H26N2O3. The zero-order valence-electron chi connectivity index (χ0n) is 11.8. The third kappa shape index (κ3) is 4.92. The molecule has 1 aliphatic heterocycles. The fraction of sp³-hybridized carbons (Fsp3) is 0.923. The molecule has 18 heavy (non-hydrogen) atoms. The third-order valence-corrected chi connectivity index (χ3v) is 3.08. The van der Waals surface area contributed by atoms with Gasteiger partial charge in [-0.1, -0.05) is 0 Å². The first-order chi connectivity index (χ1) is 8.69. The zero-order chi connectivity index (χ0) is 13.4. The summed E-state index contributed by atoms with van der Waals surface area (Å²) in [5, 5.41) is 3.19. The van der Waals surface area contributed by atoms with Crippen molar-refractivity contribution in [3.8, 4) is 0 Å². The maximum atomic E-state index is 12.1. The van der Waals surface area contributed by atoms with E-state index in [9.17, 15) is 4.79 Å². The van der Waals surface area contributed by atoms with Crippen molar-refractivity contribution in [3.05, 3.63) is 0 Å². The molecule has 0 spiro atoms. The van der Waals surface area contributed by atoms with Gasteiger partial charge in [0, 0.05) is 32.8 Å². The highest BCUT2D eigenvalue weighted by atomic mass is 16.7. The predicted octanol–water partition coefficient (Wildman–Crippen LogP) is 0.986. The number of ether oxygens (including phenoxy) is 2. The minimum Gasteiger partial charge on any atom is -0.352 e. The topological polar surface area (TPSA) is 50.8 Å². The van der Waals surface area contributed by atoms with Crippen LogP contribution < -0.4 is 5.32 Å². The monoisotopic (exact) mass is 258 g/mol. The second-order valence-electron chi connectivity index (χ2n) is 4.50. The van der Waals surface area contributed by atoms with Gasteiger partial charge in [-0.3, -0.25) is 4.79 Å². The van der Waals surface area contributed by atoms with Gasteiger partial charge in [-0.2, -0.15) is 0 Å². The van der Waals surface area contributed by atoms with Gasteiger partial charge in [0.15, 0.2) is 6.29 Å². The predicted molar refractivity (Wildman–Crippen MR) is 70.3 cm³/mol. The lowest BCUT2D eigenvalue weighted by molar-refractivity contribution is -0.139. The van der Waals surface area contributed by atoms with E-state index in [-0.39, 0.29) is 18.2 Å². The van der Waals surface area contributed by atoms with Gasteiger partial charge < -0.3 is 19.7 Å². The van der Waals surface area contributed by atoms with E-state index >= 15 is 0 Å². The molecule has 1 rings (SSSR count). The maximum absolute atomic E-state index is 12.1. The molecule has 5 heteroatoms. The summed E-state index contributed by atoms with van der Waals surface area (Å²) in [6, 6.07) is -0.175. The molecule has 0 saturated carbocycles. The first-order valence-corrected chi connectivity index (χ1v) is 6.94. The fourth-order valence-corrected chi connectivity index (χ4v) is 2.11. The molecule has 1 fully saturated rings. The summed E-state index contributed by atoms with van der Waals surface area (Å²) in [5.74, 6) is 0.180. The van der Waals surface area contributed by atoms with E-state index in [1.54, 1.807) is 0 Å². The lowest BCUT2D eigenvalue weighted by atomic mass is 10.3. The van der Waals surface area contributed by atoms with Gasteiger partial charge in [-0.15, -0.1) is 0 Å². The maximum Gasteiger partial charge on any atom is 0.239 e. The second-order valence-corrected chi connectivity index (χ2v) is 4.50. The van der Waals surface area contributed by atoms with E-state index in [0.29, 0.717) is 19.8 Å². The van der Waals surface area contributed by atoms with Crippen LogP contribution in [0, 0.1) is 0 Å². The Morgan fingerprint density at radius 3 is 2.28 bits per heavy atom. The van der Waals surface area contributed by atoms with E-state index in [2.05, 4.69) is 5.32 Å². The number of hydrogen-bond donors (Lipinski definition) is 1. The SMILES string of the molecule is CCOC(CNC(C)C(=O)N1CCCC1)OCC. The van der Waals surface area contributed by atoms with Gasteiger partial charge in [0.2, 0.25) is 5.91 Å². The standard InChI is InChI=1S/C13H26N2O3/c1-4-17-12(18-5-2)10-14-11(3)13(16)15-8-6-7-9-15/h11-12,14H,4-10H2,1-3H3. The summed E-state index contributed by atoms with van der Waals surface area (Å²) in [7, 11) is 0. The minimum absolute atomic E-state index is 0.175. The molecule has 1 aliphatic rings. The lowest BCUT2D eigenvalue weighted by Crippen LogP contribution is -2.46. The molecule has 0 aromatic carbocycles. The van der Waals surface area contributed by atoms with Gasteiger partial charge in [0.25, 0.3) is 0 Å². The van der Waals surface area contributed by atoms with Crippen molar-refractivity contribution in [1.82, 2.24) is 10.2 Å². The summed E-state index contributed by atoms with van der Waals surface area (Å²) in [6.45, 7) is 9.33. The Bertz CT molecular complexity index is 236. The van der Waals surface area contributed by atoms with Crippen LogP contribution >= 0.6 is 0 Å². The highest BCUT2D eigenvalue weighted by Crippen LogP contribution is 2.09. The third-order valence-electron chi connectivity index (χ3n) is 3.08. The van der Waals surface area contributed by atoms with E-state index < -0.39 is 0 Å². The molecule has 1 heterocycles. The number of hydrogen-bond acceptors (Lipinski definition) is 4. The Labute approximate surface area is 110 Å². The number of amides is 1. The Morgan fingerprint density at radius 1 is 1.22 bits per heavy atom. The van der Waals surface area contributed by atoms with Crippen LogP contribution in [0.5, 0.6) is 0 Å². The van der Waals surface area contributed by atoms with Crippen molar-refractivity contribution in [1.29, 1.82) is 0 Å². The van der Waals surface area contributed by atoms with Gasteiger partial charge in [-0.25, -0.2) is 0 Å². The van der Waals surface area contributed by atoms with Gasteiger partial charge in [-0.05, 0) is 33.6 Å². The number of carbonyl (C=O) groups excluding carboxylic acids is 1. The Hall–Kier alpha value is -0.650. The molecule has 0 bridgehead atoms. The van der Waals surface area contributed by atoms with Gasteiger partial charge >= 0.3 is 0 Å². The molecule has 106 valence electrons. The van der Waals surface area contributed by atoms with Crippen molar-refractivity contribution in [2.75, 3.05) is 32.8 Å². The van der Waals surface area contributed by atoms with E-state index in [0.717, 1.165) is 25.9 Å². The van der Waals surface area contributed by atoms with Crippen LogP contribution in [0.2, 0.25) is 0 Å². The van der Waals surface area contributed by atoms with Crippen LogP contribution in [0.4, 0.5) is 0 Å². The molecule has 0 aliphatic carbocycles. The Morgan fingerprint density at radius 2 is 1.78 bits per heavy atom. The van der Waals surface area contributed by atoms with E-state index in [1.165, 1.54) is 0 Å². The smallest absolute Gasteiger partial charge is 0.239 e. The molecule has 1 amide bonds. The van der Waals surface area contributed by atoms with Crippen molar-refractivity contribution < 1.29 is 14.3 Å². The molecule has 5 nitrogen and oxygen atoms in total. The van der Waals surface area contributed by atoms with Crippen LogP contribution in [-0.4, -0.2) is 56.0 Å². The van der Waals surface area contributed by atoms with E-state index in [4.69, 9.17) is 9.47 Å². The summed E-state index contributed by atoms with van der Waals surface area (Å²) < 4.78 is 10.9. The highest BCUT2D eigenvalue weighted by Gasteiger charge is 2.23. The second kappa shape index (κ2) is 8.45. The number of nitrogens with zero attached hydrogens (tertiary/aromatic N) is 1.